The Morgan fingerprint density at radius 2 is 2.08 bits per heavy atom. The highest BCUT2D eigenvalue weighted by Crippen LogP contribution is 2.01. The Balaban J connectivity index is 3.03. The smallest absolute Gasteiger partial charge is 0.260 e. The van der Waals surface area contributed by atoms with E-state index in [-0.39, 0.29) is 5.56 Å². The molecule has 13 heavy (non-hydrogen) atoms. The molecule has 0 unspecified atom stereocenters. The Hall–Kier alpha value is -1.64. The third kappa shape index (κ3) is 1.13. The number of rotatable bonds is 0. The lowest BCUT2D eigenvalue weighted by atomic mass is 10.2. The summed E-state index contributed by atoms with van der Waals surface area (Å²) in [6.45, 7) is 3.65. The van der Waals surface area contributed by atoms with Crippen molar-refractivity contribution in [2.24, 2.45) is 0 Å². The maximum absolute atomic E-state index is 11.7. The molecule has 66 valence electrons. The Morgan fingerprint density at radius 3 is 2.85 bits per heavy atom. The average molecular weight is 174 g/mol. The van der Waals surface area contributed by atoms with Crippen molar-refractivity contribution in [1.29, 1.82) is 0 Å². The standard InChI is InChI=1S/C10H10N2O/c1-7-8(2)11-9-5-3-4-6-12(9)10(7)13/h3-6H,1-2H3. The highest BCUT2D eigenvalue weighted by molar-refractivity contribution is 5.39. The van der Waals surface area contributed by atoms with Crippen molar-refractivity contribution >= 4 is 5.65 Å². The van der Waals surface area contributed by atoms with Crippen LogP contribution >= 0.6 is 0 Å². The summed E-state index contributed by atoms with van der Waals surface area (Å²) in [4.78, 5) is 16.0. The number of pyridine rings is 1. The van der Waals surface area contributed by atoms with E-state index in [2.05, 4.69) is 4.98 Å². The van der Waals surface area contributed by atoms with Crippen LogP contribution in [0.3, 0.4) is 0 Å². The van der Waals surface area contributed by atoms with Crippen LogP contribution < -0.4 is 5.56 Å². The van der Waals surface area contributed by atoms with E-state index in [1.807, 2.05) is 25.1 Å². The first kappa shape index (κ1) is 7.98. The molecule has 0 radical (unpaired) electrons. The van der Waals surface area contributed by atoms with E-state index < -0.39 is 0 Å². The van der Waals surface area contributed by atoms with E-state index in [0.29, 0.717) is 11.2 Å². The van der Waals surface area contributed by atoms with E-state index >= 15 is 0 Å². The fraction of sp³-hybridized carbons (Fsp3) is 0.200. The Kier molecular flexibility index (Phi) is 1.65. The van der Waals surface area contributed by atoms with Gasteiger partial charge in [0, 0.05) is 17.5 Å². The molecule has 2 heterocycles. The van der Waals surface area contributed by atoms with Crippen LogP contribution in [0, 0.1) is 13.8 Å². The van der Waals surface area contributed by atoms with Crippen molar-refractivity contribution in [2.75, 3.05) is 0 Å². The normalized spacial score (nSPS) is 10.6. The molecule has 2 aromatic heterocycles. The van der Waals surface area contributed by atoms with Gasteiger partial charge in [-0.15, -0.1) is 0 Å². The van der Waals surface area contributed by atoms with Crippen molar-refractivity contribution in [2.45, 2.75) is 13.8 Å². The van der Waals surface area contributed by atoms with Crippen LogP contribution in [0.1, 0.15) is 11.3 Å². The zero-order valence-corrected chi connectivity index (χ0v) is 7.61. The van der Waals surface area contributed by atoms with Gasteiger partial charge in [0.2, 0.25) is 0 Å². The average Bonchev–Trinajstić information content (AvgIpc) is 2.15. The number of hydrogen-bond donors (Lipinski definition) is 0. The molecule has 3 nitrogen and oxygen atoms in total. The second-order valence-corrected chi connectivity index (χ2v) is 3.06. The maximum atomic E-state index is 11.7. The monoisotopic (exact) mass is 174 g/mol. The molecule has 0 N–H and O–H groups in total. The van der Waals surface area contributed by atoms with Gasteiger partial charge in [0.25, 0.3) is 5.56 Å². The third-order valence-corrected chi connectivity index (χ3v) is 2.20. The molecule has 0 bridgehead atoms. The van der Waals surface area contributed by atoms with Crippen LogP contribution in [0.5, 0.6) is 0 Å². The number of aromatic nitrogens is 2. The van der Waals surface area contributed by atoms with Crippen molar-refractivity contribution in [3.63, 3.8) is 0 Å². The molecule has 0 aliphatic carbocycles. The summed E-state index contributed by atoms with van der Waals surface area (Å²) < 4.78 is 1.56. The fourth-order valence-electron chi connectivity index (χ4n) is 1.29. The second-order valence-electron chi connectivity index (χ2n) is 3.06. The second kappa shape index (κ2) is 2.69. The minimum atomic E-state index is 0.0168. The minimum absolute atomic E-state index is 0.0168. The quantitative estimate of drug-likeness (QED) is 0.603. The van der Waals surface area contributed by atoms with Gasteiger partial charge in [-0.3, -0.25) is 9.20 Å². The number of hydrogen-bond acceptors (Lipinski definition) is 2. The molecule has 0 aliphatic rings. The molecule has 0 aliphatic heterocycles. The molecule has 3 heteroatoms. The molecule has 2 rings (SSSR count). The molecule has 0 fully saturated rings. The summed E-state index contributed by atoms with van der Waals surface area (Å²) in [5, 5.41) is 0. The topological polar surface area (TPSA) is 34.4 Å². The van der Waals surface area contributed by atoms with E-state index in [1.54, 1.807) is 17.5 Å². The molecule has 0 saturated carbocycles. The van der Waals surface area contributed by atoms with Crippen LogP contribution in [0.25, 0.3) is 5.65 Å². The van der Waals surface area contributed by atoms with Gasteiger partial charge in [-0.05, 0) is 26.0 Å². The van der Waals surface area contributed by atoms with Gasteiger partial charge in [-0.1, -0.05) is 6.07 Å². The molecule has 0 atom stereocenters. The molecule has 0 saturated heterocycles. The van der Waals surface area contributed by atoms with Crippen molar-refractivity contribution in [1.82, 2.24) is 9.38 Å². The van der Waals surface area contributed by atoms with Gasteiger partial charge in [-0.25, -0.2) is 4.98 Å². The van der Waals surface area contributed by atoms with Crippen LogP contribution in [-0.4, -0.2) is 9.38 Å². The summed E-state index contributed by atoms with van der Waals surface area (Å²) >= 11 is 0. The van der Waals surface area contributed by atoms with Gasteiger partial charge < -0.3 is 0 Å². The van der Waals surface area contributed by atoms with E-state index in [4.69, 9.17) is 0 Å². The van der Waals surface area contributed by atoms with Crippen molar-refractivity contribution in [3.8, 4) is 0 Å². The van der Waals surface area contributed by atoms with Crippen LogP contribution in [-0.2, 0) is 0 Å². The van der Waals surface area contributed by atoms with Crippen molar-refractivity contribution in [3.05, 3.63) is 46.0 Å². The molecule has 0 spiro atoms. The molecule has 2 aromatic rings. The predicted octanol–water partition coefficient (Wildman–Crippen LogP) is 1.31. The Labute approximate surface area is 75.7 Å². The summed E-state index contributed by atoms with van der Waals surface area (Å²) in [6.07, 6.45) is 1.73. The van der Waals surface area contributed by atoms with E-state index in [1.165, 1.54) is 0 Å². The molecule has 0 aromatic carbocycles. The summed E-state index contributed by atoms with van der Waals surface area (Å²) in [6, 6.07) is 5.52. The van der Waals surface area contributed by atoms with Crippen LogP contribution in [0.15, 0.2) is 29.2 Å². The highest BCUT2D eigenvalue weighted by atomic mass is 16.1. The largest absolute Gasteiger partial charge is 0.269 e. The first-order valence-electron chi connectivity index (χ1n) is 4.15. The summed E-state index contributed by atoms with van der Waals surface area (Å²) in [7, 11) is 0. The van der Waals surface area contributed by atoms with Gasteiger partial charge in [0.05, 0.1) is 0 Å². The van der Waals surface area contributed by atoms with Crippen LogP contribution in [0.4, 0.5) is 0 Å². The van der Waals surface area contributed by atoms with Crippen molar-refractivity contribution < 1.29 is 0 Å². The number of fused-ring (bicyclic) bond motifs is 1. The SMILES string of the molecule is Cc1nc2ccccn2c(=O)c1C. The van der Waals surface area contributed by atoms with E-state index in [9.17, 15) is 4.79 Å². The molecule has 0 amide bonds. The highest BCUT2D eigenvalue weighted by Gasteiger charge is 2.02. The first-order valence-corrected chi connectivity index (χ1v) is 4.15. The lowest BCUT2D eigenvalue weighted by Gasteiger charge is -2.02. The third-order valence-electron chi connectivity index (χ3n) is 2.20. The maximum Gasteiger partial charge on any atom is 0.260 e. The Bertz CT molecular complexity index is 514. The lowest BCUT2D eigenvalue weighted by Crippen LogP contribution is -2.18. The van der Waals surface area contributed by atoms with Crippen LogP contribution in [0.2, 0.25) is 0 Å². The molecular weight excluding hydrogens is 164 g/mol. The van der Waals surface area contributed by atoms with Gasteiger partial charge in [-0.2, -0.15) is 0 Å². The zero-order chi connectivity index (χ0) is 9.42. The van der Waals surface area contributed by atoms with Gasteiger partial charge in [0.1, 0.15) is 5.65 Å². The molecular formula is C10H10N2O. The number of nitrogens with zero attached hydrogens (tertiary/aromatic N) is 2. The summed E-state index contributed by atoms with van der Waals surface area (Å²) in [5.41, 5.74) is 2.23. The van der Waals surface area contributed by atoms with Gasteiger partial charge in [0.15, 0.2) is 0 Å². The minimum Gasteiger partial charge on any atom is -0.269 e. The van der Waals surface area contributed by atoms with Gasteiger partial charge >= 0.3 is 0 Å². The summed E-state index contributed by atoms with van der Waals surface area (Å²) in [5.74, 6) is 0. The lowest BCUT2D eigenvalue weighted by molar-refractivity contribution is 0.984. The predicted molar refractivity (Wildman–Crippen MR) is 50.9 cm³/mol. The van der Waals surface area contributed by atoms with E-state index in [0.717, 1.165) is 5.69 Å². The number of aryl methyl sites for hydroxylation is 1. The first-order chi connectivity index (χ1) is 6.20. The fourth-order valence-corrected chi connectivity index (χ4v) is 1.29. The Morgan fingerprint density at radius 1 is 1.31 bits per heavy atom. The zero-order valence-electron chi connectivity index (χ0n) is 7.61.